The standard InChI is InChI=1S/C57H92O6/c1-4-7-10-13-16-19-22-25-28-29-30-33-35-38-41-44-47-50-56(59)62-53-54(63-57(60)51-48-45-42-39-36-32-27-24-21-18-15-12-9-6-3)52-61-55(58)49-46-43-40-37-34-31-26-23-20-17-14-11-8-5-2/h7,10,14-19,23-28,30,33,38,41,54H,4-6,8-9,11-13,20-22,29,31-32,34-37,39-40,42-53H2,1-3H3/b10-7-,17-14-,18-15-,19-16-,26-23-,27-24-,28-25-,33-30-,41-38-. The fourth-order valence-corrected chi connectivity index (χ4v) is 6.39. The van der Waals surface area contributed by atoms with Crippen molar-refractivity contribution < 1.29 is 28.6 Å². The highest BCUT2D eigenvalue weighted by Crippen LogP contribution is 2.12. The van der Waals surface area contributed by atoms with Gasteiger partial charge in [0.05, 0.1) is 0 Å². The van der Waals surface area contributed by atoms with Crippen molar-refractivity contribution in [3.8, 4) is 0 Å². The molecule has 0 aromatic carbocycles. The maximum absolute atomic E-state index is 12.8. The summed E-state index contributed by atoms with van der Waals surface area (Å²) in [6.45, 7) is 6.35. The SMILES string of the molecule is CC/C=C\C/C=C\C/C=C\C/C=C\C/C=C\CCCC(=O)OCC(COC(=O)CCCCCCC/C=C\C/C=C\CCCC)OC(=O)CCCCCCC/C=C\C/C=C\CCCC. The third-order valence-electron chi connectivity index (χ3n) is 10.2. The Hall–Kier alpha value is -3.93. The summed E-state index contributed by atoms with van der Waals surface area (Å²) in [4.78, 5) is 37.9. The van der Waals surface area contributed by atoms with Crippen LogP contribution in [0, 0.1) is 0 Å². The molecule has 0 amide bonds. The summed E-state index contributed by atoms with van der Waals surface area (Å²) < 4.78 is 16.7. The zero-order valence-corrected chi connectivity index (χ0v) is 40.5. The van der Waals surface area contributed by atoms with Crippen LogP contribution in [0.3, 0.4) is 0 Å². The molecule has 1 unspecified atom stereocenters. The summed E-state index contributed by atoms with van der Waals surface area (Å²) in [5, 5.41) is 0. The number of esters is 3. The largest absolute Gasteiger partial charge is 0.462 e. The molecular formula is C57H92O6. The lowest BCUT2D eigenvalue weighted by Gasteiger charge is -2.18. The van der Waals surface area contributed by atoms with Crippen LogP contribution >= 0.6 is 0 Å². The lowest BCUT2D eigenvalue weighted by molar-refractivity contribution is -0.167. The topological polar surface area (TPSA) is 78.9 Å². The number of rotatable bonds is 44. The number of ether oxygens (including phenoxy) is 3. The number of allylic oxidation sites excluding steroid dienone is 18. The number of carbonyl (C=O) groups is 3. The van der Waals surface area contributed by atoms with E-state index in [2.05, 4.69) is 130 Å². The second-order valence-electron chi connectivity index (χ2n) is 16.3. The van der Waals surface area contributed by atoms with Crippen LogP contribution in [0.1, 0.15) is 213 Å². The molecule has 0 fully saturated rings. The van der Waals surface area contributed by atoms with Gasteiger partial charge < -0.3 is 14.2 Å². The van der Waals surface area contributed by atoms with Crippen LogP contribution in [0.2, 0.25) is 0 Å². The van der Waals surface area contributed by atoms with Crippen molar-refractivity contribution in [2.45, 2.75) is 219 Å². The molecule has 1 atom stereocenters. The van der Waals surface area contributed by atoms with E-state index in [-0.39, 0.29) is 37.5 Å². The van der Waals surface area contributed by atoms with Gasteiger partial charge in [-0.3, -0.25) is 14.4 Å². The van der Waals surface area contributed by atoms with Crippen molar-refractivity contribution in [3.05, 3.63) is 109 Å². The smallest absolute Gasteiger partial charge is 0.306 e. The Morgan fingerprint density at radius 3 is 1.03 bits per heavy atom. The molecule has 6 nitrogen and oxygen atoms in total. The molecule has 6 heteroatoms. The zero-order chi connectivity index (χ0) is 45.8. The fourth-order valence-electron chi connectivity index (χ4n) is 6.39. The first-order valence-electron chi connectivity index (χ1n) is 25.4. The molecule has 0 N–H and O–H groups in total. The van der Waals surface area contributed by atoms with Gasteiger partial charge in [0.2, 0.25) is 0 Å². The van der Waals surface area contributed by atoms with E-state index in [1.807, 2.05) is 0 Å². The van der Waals surface area contributed by atoms with Crippen molar-refractivity contribution in [2.75, 3.05) is 13.2 Å². The molecule has 0 heterocycles. The second-order valence-corrected chi connectivity index (χ2v) is 16.3. The molecule has 356 valence electrons. The highest BCUT2D eigenvalue weighted by atomic mass is 16.6. The van der Waals surface area contributed by atoms with E-state index in [1.165, 1.54) is 38.5 Å². The Bertz CT molecular complexity index is 1330. The van der Waals surface area contributed by atoms with Gasteiger partial charge in [-0.1, -0.05) is 194 Å². The summed E-state index contributed by atoms with van der Waals surface area (Å²) >= 11 is 0. The summed E-state index contributed by atoms with van der Waals surface area (Å²) in [6, 6.07) is 0. The van der Waals surface area contributed by atoms with Gasteiger partial charge in [-0.2, -0.15) is 0 Å². The van der Waals surface area contributed by atoms with Gasteiger partial charge in [-0.05, 0) is 109 Å². The van der Waals surface area contributed by atoms with Gasteiger partial charge in [0.1, 0.15) is 13.2 Å². The number of carbonyl (C=O) groups excluding carboxylic acids is 3. The van der Waals surface area contributed by atoms with Crippen molar-refractivity contribution in [2.24, 2.45) is 0 Å². The minimum atomic E-state index is -0.815. The van der Waals surface area contributed by atoms with Gasteiger partial charge in [0.15, 0.2) is 6.10 Å². The van der Waals surface area contributed by atoms with Gasteiger partial charge in [0.25, 0.3) is 0 Å². The summed E-state index contributed by atoms with van der Waals surface area (Å²) in [6.07, 6.45) is 67.8. The van der Waals surface area contributed by atoms with E-state index in [1.54, 1.807) is 0 Å². The van der Waals surface area contributed by atoms with Crippen molar-refractivity contribution in [1.82, 2.24) is 0 Å². The molecule has 0 aliphatic carbocycles. The highest BCUT2D eigenvalue weighted by Gasteiger charge is 2.19. The average Bonchev–Trinajstić information content (AvgIpc) is 3.28. The monoisotopic (exact) mass is 873 g/mol. The van der Waals surface area contributed by atoms with Gasteiger partial charge in [-0.15, -0.1) is 0 Å². The molecule has 0 bridgehead atoms. The predicted octanol–water partition coefficient (Wildman–Crippen LogP) is 16.8. The number of hydrogen-bond acceptors (Lipinski definition) is 6. The minimum absolute atomic E-state index is 0.111. The van der Waals surface area contributed by atoms with Gasteiger partial charge >= 0.3 is 17.9 Å². The third-order valence-corrected chi connectivity index (χ3v) is 10.2. The van der Waals surface area contributed by atoms with Crippen LogP contribution in [0.5, 0.6) is 0 Å². The van der Waals surface area contributed by atoms with Crippen molar-refractivity contribution in [3.63, 3.8) is 0 Å². The van der Waals surface area contributed by atoms with Crippen LogP contribution in [0.15, 0.2) is 109 Å². The summed E-state index contributed by atoms with van der Waals surface area (Å²) in [5.74, 6) is -1.01. The zero-order valence-electron chi connectivity index (χ0n) is 40.5. The quantitative estimate of drug-likeness (QED) is 0.0263. The van der Waals surface area contributed by atoms with E-state index in [0.717, 1.165) is 128 Å². The Morgan fingerprint density at radius 1 is 0.333 bits per heavy atom. The van der Waals surface area contributed by atoms with Crippen molar-refractivity contribution in [1.29, 1.82) is 0 Å². The molecule has 0 radical (unpaired) electrons. The molecule has 0 aliphatic heterocycles. The van der Waals surface area contributed by atoms with E-state index < -0.39 is 6.10 Å². The van der Waals surface area contributed by atoms with Crippen molar-refractivity contribution >= 4 is 17.9 Å². The minimum Gasteiger partial charge on any atom is -0.462 e. The third kappa shape index (κ3) is 49.0. The Morgan fingerprint density at radius 2 is 0.635 bits per heavy atom. The Kier molecular flexibility index (Phi) is 47.5. The van der Waals surface area contributed by atoms with Gasteiger partial charge in [-0.25, -0.2) is 0 Å². The Balaban J connectivity index is 4.54. The molecule has 0 rings (SSSR count). The second kappa shape index (κ2) is 50.7. The normalized spacial score (nSPS) is 13.0. The molecule has 0 saturated heterocycles. The van der Waals surface area contributed by atoms with E-state index >= 15 is 0 Å². The van der Waals surface area contributed by atoms with Crippen LogP contribution in [0.25, 0.3) is 0 Å². The maximum Gasteiger partial charge on any atom is 0.306 e. The predicted molar refractivity (Wildman–Crippen MR) is 270 cm³/mol. The van der Waals surface area contributed by atoms with E-state index in [0.29, 0.717) is 19.3 Å². The van der Waals surface area contributed by atoms with Crippen LogP contribution in [-0.2, 0) is 28.6 Å². The summed E-state index contributed by atoms with van der Waals surface area (Å²) in [7, 11) is 0. The molecule has 0 aromatic heterocycles. The first-order valence-corrected chi connectivity index (χ1v) is 25.4. The molecular weight excluding hydrogens is 781 g/mol. The maximum atomic E-state index is 12.8. The molecule has 0 aliphatic rings. The molecule has 0 aromatic rings. The molecule has 0 saturated carbocycles. The van der Waals surface area contributed by atoms with Gasteiger partial charge in [0, 0.05) is 19.3 Å². The first-order chi connectivity index (χ1) is 31.0. The molecule has 63 heavy (non-hydrogen) atoms. The van der Waals surface area contributed by atoms with E-state index in [9.17, 15) is 14.4 Å². The van der Waals surface area contributed by atoms with Crippen LogP contribution < -0.4 is 0 Å². The number of hydrogen-bond donors (Lipinski definition) is 0. The van der Waals surface area contributed by atoms with E-state index in [4.69, 9.17) is 14.2 Å². The number of unbranched alkanes of at least 4 members (excludes halogenated alkanes) is 15. The Labute approximate surface area is 387 Å². The highest BCUT2D eigenvalue weighted by molar-refractivity contribution is 5.71. The lowest BCUT2D eigenvalue weighted by Crippen LogP contribution is -2.30. The summed E-state index contributed by atoms with van der Waals surface area (Å²) in [5.41, 5.74) is 0. The van der Waals surface area contributed by atoms with Crippen LogP contribution in [-0.4, -0.2) is 37.2 Å². The average molecular weight is 873 g/mol. The lowest BCUT2D eigenvalue weighted by atomic mass is 10.1. The first kappa shape index (κ1) is 59.1. The molecule has 0 spiro atoms. The fraction of sp³-hybridized carbons (Fsp3) is 0.632. The van der Waals surface area contributed by atoms with Crippen LogP contribution in [0.4, 0.5) is 0 Å².